The second-order valence-corrected chi connectivity index (χ2v) is 10.5. The van der Waals surface area contributed by atoms with Gasteiger partial charge in [0.2, 0.25) is 5.89 Å². The van der Waals surface area contributed by atoms with E-state index < -0.39 is 9.84 Å². The van der Waals surface area contributed by atoms with Crippen LogP contribution in [0.2, 0.25) is 0 Å². The van der Waals surface area contributed by atoms with Gasteiger partial charge in [0, 0.05) is 17.7 Å². The van der Waals surface area contributed by atoms with E-state index in [0.29, 0.717) is 35.0 Å². The van der Waals surface area contributed by atoms with Crippen molar-refractivity contribution in [1.29, 1.82) is 0 Å². The summed E-state index contributed by atoms with van der Waals surface area (Å²) in [5.41, 5.74) is 4.84. The number of amides is 1. The van der Waals surface area contributed by atoms with Crippen molar-refractivity contribution in [3.05, 3.63) is 107 Å². The summed E-state index contributed by atoms with van der Waals surface area (Å²) in [5.74, 6) is 0.348. The minimum atomic E-state index is -3.55. The van der Waals surface area contributed by atoms with Gasteiger partial charge in [0.25, 0.3) is 5.91 Å². The van der Waals surface area contributed by atoms with Gasteiger partial charge < -0.3 is 9.73 Å². The number of hydrogen-bond donors (Lipinski definition) is 1. The smallest absolute Gasteiger partial charge is 0.251 e. The molecule has 0 fully saturated rings. The minimum Gasteiger partial charge on any atom is -0.441 e. The van der Waals surface area contributed by atoms with Gasteiger partial charge in [-0.15, -0.1) is 0 Å². The molecule has 4 aromatic rings. The maximum absolute atomic E-state index is 12.8. The van der Waals surface area contributed by atoms with Crippen molar-refractivity contribution in [2.45, 2.75) is 44.4 Å². The molecule has 1 heterocycles. The first-order valence-electron chi connectivity index (χ1n) is 11.5. The molecule has 0 aliphatic heterocycles. The van der Waals surface area contributed by atoms with Crippen LogP contribution in [0.15, 0.2) is 82.1 Å². The van der Waals surface area contributed by atoms with Crippen LogP contribution >= 0.6 is 0 Å². The first kappa shape index (κ1) is 24.4. The van der Waals surface area contributed by atoms with Gasteiger partial charge in [-0.05, 0) is 67.8 Å². The zero-order chi connectivity index (χ0) is 25.0. The summed E-state index contributed by atoms with van der Waals surface area (Å²) in [7, 11) is -3.55. The molecule has 0 atom stereocenters. The number of carbonyl (C=O) groups is 1. The number of aromatic nitrogens is 1. The van der Waals surface area contributed by atoms with Crippen molar-refractivity contribution in [3.8, 4) is 11.5 Å². The number of oxazole rings is 1. The largest absolute Gasteiger partial charge is 0.441 e. The fourth-order valence-electron chi connectivity index (χ4n) is 3.64. The number of sulfone groups is 1. The lowest BCUT2D eigenvalue weighted by atomic mass is 10.1. The number of aryl methyl sites for hydroxylation is 3. The Morgan fingerprint density at radius 1 is 0.886 bits per heavy atom. The van der Waals surface area contributed by atoms with E-state index in [-0.39, 0.29) is 16.6 Å². The van der Waals surface area contributed by atoms with Crippen molar-refractivity contribution in [2.24, 2.45) is 0 Å². The van der Waals surface area contributed by atoms with Crippen LogP contribution in [0.25, 0.3) is 11.5 Å². The van der Waals surface area contributed by atoms with Crippen LogP contribution in [0.4, 0.5) is 0 Å². The predicted molar refractivity (Wildman–Crippen MR) is 136 cm³/mol. The van der Waals surface area contributed by atoms with Crippen LogP contribution < -0.4 is 5.32 Å². The number of hydrogen-bond acceptors (Lipinski definition) is 5. The summed E-state index contributed by atoms with van der Waals surface area (Å²) in [6, 6.07) is 21.8. The Hall–Kier alpha value is -3.71. The normalized spacial score (nSPS) is 11.4. The molecule has 0 saturated heterocycles. The Balaban J connectivity index is 1.43. The first-order valence-corrected chi connectivity index (χ1v) is 13.1. The van der Waals surface area contributed by atoms with Gasteiger partial charge in [0.1, 0.15) is 11.5 Å². The van der Waals surface area contributed by atoms with Gasteiger partial charge >= 0.3 is 0 Å². The van der Waals surface area contributed by atoms with Crippen LogP contribution in [-0.4, -0.2) is 19.3 Å². The standard InChI is InChI=1S/C28H28N2O4S/c1-4-21-7-9-22(10-8-21)17-29-27(31)23-11-13-24(14-12-23)28-30-26(20(3)34-28)18-35(32,33)25-15-5-19(2)6-16-25/h5-16H,4,17-18H2,1-3H3,(H,29,31). The van der Waals surface area contributed by atoms with E-state index in [9.17, 15) is 13.2 Å². The molecule has 0 bridgehead atoms. The number of benzene rings is 3. The van der Waals surface area contributed by atoms with Crippen LogP contribution in [0.3, 0.4) is 0 Å². The van der Waals surface area contributed by atoms with Crippen molar-refractivity contribution in [1.82, 2.24) is 10.3 Å². The number of nitrogens with zero attached hydrogens (tertiary/aromatic N) is 1. The fraction of sp³-hybridized carbons (Fsp3) is 0.214. The highest BCUT2D eigenvalue weighted by Gasteiger charge is 2.21. The van der Waals surface area contributed by atoms with Crippen molar-refractivity contribution >= 4 is 15.7 Å². The quantitative estimate of drug-likeness (QED) is 0.357. The molecule has 0 radical (unpaired) electrons. The van der Waals surface area contributed by atoms with Gasteiger partial charge in [-0.2, -0.15) is 0 Å². The van der Waals surface area contributed by atoms with Gasteiger partial charge in [0.05, 0.1) is 10.6 Å². The molecule has 7 heteroatoms. The summed E-state index contributed by atoms with van der Waals surface area (Å²) >= 11 is 0. The van der Waals surface area contributed by atoms with Crippen molar-refractivity contribution in [3.63, 3.8) is 0 Å². The highest BCUT2D eigenvalue weighted by molar-refractivity contribution is 7.90. The Morgan fingerprint density at radius 2 is 1.51 bits per heavy atom. The van der Waals surface area contributed by atoms with Gasteiger partial charge in [0.15, 0.2) is 9.84 Å². The number of nitrogens with one attached hydrogen (secondary N) is 1. The molecule has 0 saturated carbocycles. The SMILES string of the molecule is CCc1ccc(CNC(=O)c2ccc(-c3nc(CS(=O)(=O)c4ccc(C)cc4)c(C)o3)cc2)cc1. The molecule has 0 spiro atoms. The molecule has 0 aliphatic carbocycles. The lowest BCUT2D eigenvalue weighted by molar-refractivity contribution is 0.0951. The molecule has 6 nitrogen and oxygen atoms in total. The third-order valence-corrected chi connectivity index (χ3v) is 7.52. The zero-order valence-electron chi connectivity index (χ0n) is 20.0. The lowest BCUT2D eigenvalue weighted by Crippen LogP contribution is -2.22. The highest BCUT2D eigenvalue weighted by Crippen LogP contribution is 2.25. The molecule has 3 aromatic carbocycles. The Morgan fingerprint density at radius 3 is 2.14 bits per heavy atom. The summed E-state index contributed by atoms with van der Waals surface area (Å²) in [6.07, 6.45) is 0.979. The molecule has 1 amide bonds. The molecule has 4 rings (SSSR count). The van der Waals surface area contributed by atoms with Gasteiger partial charge in [-0.3, -0.25) is 4.79 Å². The van der Waals surface area contributed by atoms with Crippen LogP contribution in [0.1, 0.15) is 45.4 Å². The third-order valence-electron chi connectivity index (χ3n) is 5.88. The second-order valence-electron chi connectivity index (χ2n) is 8.52. The topological polar surface area (TPSA) is 89.3 Å². The lowest BCUT2D eigenvalue weighted by Gasteiger charge is -2.07. The van der Waals surface area contributed by atoms with E-state index in [1.165, 1.54) is 5.56 Å². The molecule has 1 aromatic heterocycles. The highest BCUT2D eigenvalue weighted by atomic mass is 32.2. The molecule has 35 heavy (non-hydrogen) atoms. The summed E-state index contributed by atoms with van der Waals surface area (Å²) in [5, 5.41) is 2.93. The molecule has 1 N–H and O–H groups in total. The molecular weight excluding hydrogens is 460 g/mol. The average molecular weight is 489 g/mol. The van der Waals surface area contributed by atoms with Gasteiger partial charge in [-0.25, -0.2) is 13.4 Å². The molecule has 180 valence electrons. The van der Waals surface area contributed by atoms with E-state index in [4.69, 9.17) is 4.42 Å². The van der Waals surface area contributed by atoms with E-state index in [2.05, 4.69) is 29.4 Å². The van der Waals surface area contributed by atoms with E-state index in [1.807, 2.05) is 19.1 Å². The second kappa shape index (κ2) is 10.3. The monoisotopic (exact) mass is 488 g/mol. The summed E-state index contributed by atoms with van der Waals surface area (Å²) in [6.45, 7) is 6.16. The molecule has 0 aliphatic rings. The Bertz CT molecular complexity index is 1420. The molecule has 0 unspecified atom stereocenters. The van der Waals surface area contributed by atoms with Crippen LogP contribution in [0.5, 0.6) is 0 Å². The summed E-state index contributed by atoms with van der Waals surface area (Å²) in [4.78, 5) is 17.2. The Labute approximate surface area is 206 Å². The van der Waals surface area contributed by atoms with E-state index >= 15 is 0 Å². The number of carbonyl (C=O) groups excluding carboxylic acids is 1. The minimum absolute atomic E-state index is 0.176. The maximum Gasteiger partial charge on any atom is 0.251 e. The third kappa shape index (κ3) is 5.87. The number of rotatable bonds is 8. The zero-order valence-corrected chi connectivity index (χ0v) is 20.9. The van der Waals surface area contributed by atoms with Gasteiger partial charge in [-0.1, -0.05) is 48.9 Å². The first-order chi connectivity index (χ1) is 16.7. The Kier molecular flexibility index (Phi) is 7.17. The van der Waals surface area contributed by atoms with Crippen LogP contribution in [-0.2, 0) is 28.6 Å². The van der Waals surface area contributed by atoms with E-state index in [1.54, 1.807) is 55.5 Å². The predicted octanol–water partition coefficient (Wildman–Crippen LogP) is 5.42. The van der Waals surface area contributed by atoms with E-state index in [0.717, 1.165) is 17.5 Å². The fourth-order valence-corrected chi connectivity index (χ4v) is 4.98. The van der Waals surface area contributed by atoms with Crippen molar-refractivity contribution in [2.75, 3.05) is 0 Å². The average Bonchev–Trinajstić information content (AvgIpc) is 3.22. The maximum atomic E-state index is 12.8. The van der Waals surface area contributed by atoms with Crippen LogP contribution in [0, 0.1) is 13.8 Å². The molecular formula is C28H28N2O4S. The van der Waals surface area contributed by atoms with Crippen molar-refractivity contribution < 1.29 is 17.6 Å². The summed E-state index contributed by atoms with van der Waals surface area (Å²) < 4.78 is 31.4.